The maximum absolute atomic E-state index is 6.22. The maximum atomic E-state index is 6.22. The van der Waals surface area contributed by atoms with E-state index in [1.165, 1.54) is 87.0 Å². The molecule has 0 aliphatic carbocycles. The third kappa shape index (κ3) is 6.19. The van der Waals surface area contributed by atoms with E-state index in [0.717, 1.165) is 12.1 Å². The van der Waals surface area contributed by atoms with Crippen LogP contribution in [-0.4, -0.2) is 0 Å². The first kappa shape index (κ1) is 18.8. The van der Waals surface area contributed by atoms with Gasteiger partial charge in [0.1, 0.15) is 0 Å². The number of hydrogen-bond acceptors (Lipinski definition) is 1. The number of rotatable bonds is 12. The summed E-state index contributed by atoms with van der Waals surface area (Å²) < 4.78 is 0. The van der Waals surface area contributed by atoms with E-state index in [0.29, 0.717) is 0 Å². The lowest BCUT2D eigenvalue weighted by Gasteiger charge is -2.10. The standard InChI is InChI=1S/C23H35N/c1-2-3-4-5-6-7-8-9-10-11-12-17-22-21-16-14-13-15-20(21)18-19-23(22)24/h13-16,18-19H,2-12,17,24H2,1H3. The van der Waals surface area contributed by atoms with Crippen LogP contribution in [0.15, 0.2) is 36.4 Å². The lowest BCUT2D eigenvalue weighted by Crippen LogP contribution is -1.96. The van der Waals surface area contributed by atoms with Gasteiger partial charge in [-0.05, 0) is 35.2 Å². The number of benzene rings is 2. The molecule has 0 radical (unpaired) electrons. The Morgan fingerprint density at radius 1 is 0.667 bits per heavy atom. The summed E-state index contributed by atoms with van der Waals surface area (Å²) in [5.41, 5.74) is 8.53. The minimum atomic E-state index is 0.959. The average molecular weight is 326 g/mol. The number of hydrogen-bond donors (Lipinski definition) is 1. The molecule has 0 aliphatic rings. The number of nitrogen functional groups attached to an aromatic ring is 1. The summed E-state index contributed by atoms with van der Waals surface area (Å²) in [6.45, 7) is 2.28. The smallest absolute Gasteiger partial charge is 0.0353 e. The van der Waals surface area contributed by atoms with Gasteiger partial charge in [-0.2, -0.15) is 0 Å². The molecule has 1 heteroatoms. The van der Waals surface area contributed by atoms with Gasteiger partial charge in [-0.1, -0.05) is 101 Å². The fraction of sp³-hybridized carbons (Fsp3) is 0.565. The Morgan fingerprint density at radius 2 is 1.25 bits per heavy atom. The van der Waals surface area contributed by atoms with Crippen molar-refractivity contribution in [2.75, 3.05) is 5.73 Å². The van der Waals surface area contributed by atoms with Crippen molar-refractivity contribution >= 4 is 16.5 Å². The van der Waals surface area contributed by atoms with Gasteiger partial charge in [-0.3, -0.25) is 0 Å². The molecule has 0 heterocycles. The van der Waals surface area contributed by atoms with Crippen molar-refractivity contribution < 1.29 is 0 Å². The summed E-state index contributed by atoms with van der Waals surface area (Å²) in [6.07, 6.45) is 16.4. The Morgan fingerprint density at radius 3 is 1.92 bits per heavy atom. The van der Waals surface area contributed by atoms with Gasteiger partial charge < -0.3 is 5.73 Å². The van der Waals surface area contributed by atoms with E-state index >= 15 is 0 Å². The minimum Gasteiger partial charge on any atom is -0.398 e. The van der Waals surface area contributed by atoms with E-state index in [1.807, 2.05) is 0 Å². The molecule has 0 saturated heterocycles. The zero-order valence-corrected chi connectivity index (χ0v) is 15.5. The maximum Gasteiger partial charge on any atom is 0.0353 e. The Labute approximate surface area is 148 Å². The molecule has 0 aliphatic heterocycles. The van der Waals surface area contributed by atoms with Crippen molar-refractivity contribution in [3.63, 3.8) is 0 Å². The van der Waals surface area contributed by atoms with Gasteiger partial charge >= 0.3 is 0 Å². The first-order valence-corrected chi connectivity index (χ1v) is 10.1. The lowest BCUT2D eigenvalue weighted by molar-refractivity contribution is 0.550. The molecule has 0 spiro atoms. The van der Waals surface area contributed by atoms with Crippen molar-refractivity contribution in [2.24, 2.45) is 0 Å². The highest BCUT2D eigenvalue weighted by atomic mass is 14.6. The summed E-state index contributed by atoms with van der Waals surface area (Å²) in [6, 6.07) is 12.8. The highest BCUT2D eigenvalue weighted by molar-refractivity contribution is 5.89. The van der Waals surface area contributed by atoms with E-state index in [2.05, 4.69) is 43.3 Å². The molecular weight excluding hydrogens is 290 g/mol. The van der Waals surface area contributed by atoms with Gasteiger partial charge in [0.2, 0.25) is 0 Å². The molecule has 0 amide bonds. The highest BCUT2D eigenvalue weighted by Crippen LogP contribution is 2.26. The van der Waals surface area contributed by atoms with Gasteiger partial charge in [0.25, 0.3) is 0 Å². The minimum absolute atomic E-state index is 0.959. The van der Waals surface area contributed by atoms with Crippen LogP contribution in [0.5, 0.6) is 0 Å². The van der Waals surface area contributed by atoms with Gasteiger partial charge in [0.15, 0.2) is 0 Å². The topological polar surface area (TPSA) is 26.0 Å². The molecule has 0 atom stereocenters. The zero-order chi connectivity index (χ0) is 17.0. The summed E-state index contributed by atoms with van der Waals surface area (Å²) in [5.74, 6) is 0. The molecule has 2 aromatic carbocycles. The van der Waals surface area contributed by atoms with Crippen molar-refractivity contribution in [1.82, 2.24) is 0 Å². The van der Waals surface area contributed by atoms with Gasteiger partial charge in [-0.15, -0.1) is 0 Å². The SMILES string of the molecule is CCCCCCCCCCCCCc1c(N)ccc2ccccc12. The second-order valence-electron chi connectivity index (χ2n) is 7.14. The predicted molar refractivity (Wildman–Crippen MR) is 109 cm³/mol. The van der Waals surface area contributed by atoms with Crippen molar-refractivity contribution in [3.05, 3.63) is 42.0 Å². The fourth-order valence-electron chi connectivity index (χ4n) is 3.60. The molecule has 0 bridgehead atoms. The zero-order valence-electron chi connectivity index (χ0n) is 15.5. The van der Waals surface area contributed by atoms with Crippen LogP contribution in [-0.2, 0) is 6.42 Å². The van der Waals surface area contributed by atoms with Gasteiger partial charge in [-0.25, -0.2) is 0 Å². The largest absolute Gasteiger partial charge is 0.398 e. The first-order chi connectivity index (χ1) is 11.8. The second-order valence-corrected chi connectivity index (χ2v) is 7.14. The Hall–Kier alpha value is -1.50. The summed E-state index contributed by atoms with van der Waals surface area (Å²) in [4.78, 5) is 0. The summed E-state index contributed by atoms with van der Waals surface area (Å²) >= 11 is 0. The van der Waals surface area contributed by atoms with Gasteiger partial charge in [0, 0.05) is 5.69 Å². The molecular formula is C23H35N. The molecule has 0 saturated carbocycles. The molecule has 24 heavy (non-hydrogen) atoms. The van der Waals surface area contributed by atoms with E-state index in [-0.39, 0.29) is 0 Å². The molecule has 0 aromatic heterocycles. The molecule has 0 fully saturated rings. The summed E-state index contributed by atoms with van der Waals surface area (Å²) in [5, 5.41) is 2.65. The molecule has 2 aromatic rings. The van der Waals surface area contributed by atoms with E-state index in [4.69, 9.17) is 5.73 Å². The number of aryl methyl sites for hydroxylation is 1. The number of fused-ring (bicyclic) bond motifs is 1. The third-order valence-electron chi connectivity index (χ3n) is 5.11. The van der Waals surface area contributed by atoms with Crippen LogP contribution in [0.3, 0.4) is 0 Å². The average Bonchev–Trinajstić information content (AvgIpc) is 2.61. The van der Waals surface area contributed by atoms with Crippen LogP contribution >= 0.6 is 0 Å². The molecule has 2 rings (SSSR count). The molecule has 132 valence electrons. The van der Waals surface area contributed by atoms with Crippen LogP contribution in [0.2, 0.25) is 0 Å². The van der Waals surface area contributed by atoms with E-state index in [9.17, 15) is 0 Å². The van der Waals surface area contributed by atoms with Crippen LogP contribution < -0.4 is 5.73 Å². The lowest BCUT2D eigenvalue weighted by atomic mass is 9.97. The van der Waals surface area contributed by atoms with Crippen molar-refractivity contribution in [1.29, 1.82) is 0 Å². The molecule has 2 N–H and O–H groups in total. The van der Waals surface area contributed by atoms with Crippen LogP contribution in [0.4, 0.5) is 5.69 Å². The fourth-order valence-corrected chi connectivity index (χ4v) is 3.60. The normalized spacial score (nSPS) is 11.2. The third-order valence-corrected chi connectivity index (χ3v) is 5.11. The Balaban J connectivity index is 1.61. The van der Waals surface area contributed by atoms with Crippen LogP contribution in [0, 0.1) is 0 Å². The quantitative estimate of drug-likeness (QED) is 0.322. The number of nitrogens with two attached hydrogens (primary N) is 1. The molecule has 0 unspecified atom stereocenters. The Kier molecular flexibility index (Phi) is 8.73. The van der Waals surface area contributed by atoms with Crippen LogP contribution in [0.1, 0.15) is 83.1 Å². The number of anilines is 1. The molecule has 1 nitrogen and oxygen atoms in total. The van der Waals surface area contributed by atoms with Crippen molar-refractivity contribution in [2.45, 2.75) is 84.0 Å². The van der Waals surface area contributed by atoms with Gasteiger partial charge in [0.05, 0.1) is 0 Å². The predicted octanol–water partition coefficient (Wildman–Crippen LogP) is 7.28. The van der Waals surface area contributed by atoms with E-state index < -0.39 is 0 Å². The Bertz CT molecular complexity index is 588. The van der Waals surface area contributed by atoms with Crippen molar-refractivity contribution in [3.8, 4) is 0 Å². The van der Waals surface area contributed by atoms with E-state index in [1.54, 1.807) is 0 Å². The highest BCUT2D eigenvalue weighted by Gasteiger charge is 2.04. The first-order valence-electron chi connectivity index (χ1n) is 10.1. The summed E-state index contributed by atoms with van der Waals surface area (Å²) in [7, 11) is 0. The second kappa shape index (κ2) is 11.1. The monoisotopic (exact) mass is 325 g/mol. The number of unbranched alkanes of at least 4 members (excludes halogenated alkanes) is 10. The van der Waals surface area contributed by atoms with Crippen LogP contribution in [0.25, 0.3) is 10.8 Å².